The second-order valence-electron chi connectivity index (χ2n) is 5.50. The van der Waals surface area contributed by atoms with Gasteiger partial charge in [-0.1, -0.05) is 12.2 Å². The zero-order chi connectivity index (χ0) is 15.7. The Morgan fingerprint density at radius 3 is 2.41 bits per heavy atom. The van der Waals surface area contributed by atoms with Crippen molar-refractivity contribution in [3.05, 3.63) is 50.9 Å². The minimum absolute atomic E-state index is 0.760. The molecule has 1 aromatic heterocycles. The molecule has 2 aromatic rings. The molecule has 1 fully saturated rings. The van der Waals surface area contributed by atoms with Crippen molar-refractivity contribution >= 4 is 39.8 Å². The summed E-state index contributed by atoms with van der Waals surface area (Å²) >= 11 is 8.06. The van der Waals surface area contributed by atoms with Crippen LogP contribution in [0.5, 0.6) is 0 Å². The number of aryl methyl sites for hydroxylation is 1. The van der Waals surface area contributed by atoms with Gasteiger partial charge in [0.25, 0.3) is 0 Å². The lowest BCUT2D eigenvalue weighted by molar-refractivity contribution is 0.0692. The zero-order valence-corrected chi connectivity index (χ0v) is 15.8. The SMILES string of the molecule is Cc1cc(C(=S)N2CCOCC2)c(C)n1-c1ccc(I)cc1. The van der Waals surface area contributed by atoms with E-state index in [4.69, 9.17) is 17.0 Å². The molecule has 0 atom stereocenters. The van der Waals surface area contributed by atoms with Crippen LogP contribution in [0.2, 0.25) is 0 Å². The van der Waals surface area contributed by atoms with Crippen molar-refractivity contribution < 1.29 is 4.74 Å². The molecule has 0 amide bonds. The molecular weight excluding hydrogens is 407 g/mol. The third-order valence-electron chi connectivity index (χ3n) is 4.04. The lowest BCUT2D eigenvalue weighted by Gasteiger charge is -2.29. The standard InChI is InChI=1S/C17H19IN2OS/c1-12-11-16(17(22)19-7-9-21-10-8-19)13(2)20(12)15-5-3-14(18)4-6-15/h3-6,11H,7-10H2,1-2H3. The highest BCUT2D eigenvalue weighted by atomic mass is 127. The van der Waals surface area contributed by atoms with Gasteiger partial charge in [0.15, 0.2) is 0 Å². The van der Waals surface area contributed by atoms with Crippen molar-refractivity contribution in [2.24, 2.45) is 0 Å². The predicted octanol–water partition coefficient (Wildman–Crippen LogP) is 3.71. The first kappa shape index (κ1) is 16.0. The number of hydrogen-bond acceptors (Lipinski definition) is 2. The topological polar surface area (TPSA) is 17.4 Å². The lowest BCUT2D eigenvalue weighted by atomic mass is 10.2. The Labute approximate surface area is 150 Å². The smallest absolute Gasteiger partial charge is 0.111 e. The number of halogens is 1. The van der Waals surface area contributed by atoms with Crippen LogP contribution in [0.3, 0.4) is 0 Å². The molecule has 0 spiro atoms. The maximum absolute atomic E-state index is 5.73. The van der Waals surface area contributed by atoms with Crippen LogP contribution in [0.25, 0.3) is 5.69 Å². The molecule has 0 bridgehead atoms. The molecule has 5 heteroatoms. The van der Waals surface area contributed by atoms with Crippen molar-refractivity contribution in [3.8, 4) is 5.69 Å². The van der Waals surface area contributed by atoms with Gasteiger partial charge in [-0.25, -0.2) is 0 Å². The first-order chi connectivity index (χ1) is 10.6. The molecule has 2 heterocycles. The van der Waals surface area contributed by atoms with Gasteiger partial charge in [0.05, 0.1) is 13.2 Å². The van der Waals surface area contributed by atoms with Crippen LogP contribution in [-0.2, 0) is 4.74 Å². The van der Waals surface area contributed by atoms with Crippen LogP contribution in [-0.4, -0.2) is 40.8 Å². The molecule has 3 rings (SSSR count). The number of benzene rings is 1. The van der Waals surface area contributed by atoms with Gasteiger partial charge in [-0.15, -0.1) is 0 Å². The predicted molar refractivity (Wildman–Crippen MR) is 102 cm³/mol. The van der Waals surface area contributed by atoms with Crippen LogP contribution in [0, 0.1) is 17.4 Å². The number of rotatable bonds is 2. The summed E-state index contributed by atoms with van der Waals surface area (Å²) in [6.45, 7) is 7.56. The summed E-state index contributed by atoms with van der Waals surface area (Å²) in [6, 6.07) is 10.8. The van der Waals surface area contributed by atoms with Gasteiger partial charge < -0.3 is 14.2 Å². The molecule has 3 nitrogen and oxygen atoms in total. The molecule has 0 radical (unpaired) electrons. The Balaban J connectivity index is 1.95. The van der Waals surface area contributed by atoms with Gasteiger partial charge in [-0.2, -0.15) is 0 Å². The first-order valence-corrected chi connectivity index (χ1v) is 8.88. The second-order valence-corrected chi connectivity index (χ2v) is 7.13. The zero-order valence-electron chi connectivity index (χ0n) is 12.8. The number of nitrogens with zero attached hydrogens (tertiary/aromatic N) is 2. The largest absolute Gasteiger partial charge is 0.378 e. The van der Waals surface area contributed by atoms with Gasteiger partial charge in [-0.3, -0.25) is 0 Å². The molecule has 116 valence electrons. The monoisotopic (exact) mass is 426 g/mol. The van der Waals surface area contributed by atoms with Crippen molar-refractivity contribution in [3.63, 3.8) is 0 Å². The summed E-state index contributed by atoms with van der Waals surface area (Å²) in [5, 5.41) is 0. The van der Waals surface area contributed by atoms with Crippen molar-refractivity contribution in [2.45, 2.75) is 13.8 Å². The number of thiocarbonyl (C=S) groups is 1. The van der Waals surface area contributed by atoms with Crippen LogP contribution >= 0.6 is 34.8 Å². The molecule has 22 heavy (non-hydrogen) atoms. The average molecular weight is 426 g/mol. The third-order valence-corrected chi connectivity index (χ3v) is 5.24. The molecular formula is C17H19IN2OS. The summed E-state index contributed by atoms with van der Waals surface area (Å²) in [7, 11) is 0. The van der Waals surface area contributed by atoms with Gasteiger partial charge >= 0.3 is 0 Å². The first-order valence-electron chi connectivity index (χ1n) is 7.40. The molecule has 1 aromatic carbocycles. The van der Waals surface area contributed by atoms with Gasteiger partial charge in [0, 0.05) is 39.3 Å². The van der Waals surface area contributed by atoms with Crippen molar-refractivity contribution in [1.82, 2.24) is 9.47 Å². The Bertz CT molecular complexity index is 687. The Hall–Kier alpha value is -0.920. The van der Waals surface area contributed by atoms with Gasteiger partial charge in [-0.05, 0) is 66.8 Å². The number of ether oxygens (including phenoxy) is 1. The summed E-state index contributed by atoms with van der Waals surface area (Å²) in [6.07, 6.45) is 0. The summed E-state index contributed by atoms with van der Waals surface area (Å²) in [5.41, 5.74) is 4.76. The van der Waals surface area contributed by atoms with E-state index in [1.54, 1.807) is 0 Å². The van der Waals surface area contributed by atoms with Crippen LogP contribution in [0.15, 0.2) is 30.3 Å². The summed E-state index contributed by atoms with van der Waals surface area (Å²) < 4.78 is 8.94. The average Bonchev–Trinajstić information content (AvgIpc) is 2.83. The maximum Gasteiger partial charge on any atom is 0.111 e. The van der Waals surface area contributed by atoms with Gasteiger partial charge in [0.2, 0.25) is 0 Å². The van der Waals surface area contributed by atoms with Crippen LogP contribution in [0.4, 0.5) is 0 Å². The van der Waals surface area contributed by atoms with Crippen molar-refractivity contribution in [2.75, 3.05) is 26.3 Å². The Kier molecular flexibility index (Phi) is 4.84. The number of morpholine rings is 1. The number of aromatic nitrogens is 1. The molecule has 1 saturated heterocycles. The summed E-state index contributed by atoms with van der Waals surface area (Å²) in [4.78, 5) is 3.19. The Morgan fingerprint density at radius 1 is 1.14 bits per heavy atom. The van der Waals surface area contributed by atoms with E-state index in [-0.39, 0.29) is 0 Å². The van der Waals surface area contributed by atoms with E-state index < -0.39 is 0 Å². The minimum Gasteiger partial charge on any atom is -0.378 e. The quantitative estimate of drug-likeness (QED) is 0.539. The molecule has 0 saturated carbocycles. The minimum atomic E-state index is 0.760. The van der Waals surface area contributed by atoms with E-state index in [9.17, 15) is 0 Å². The van der Waals surface area contributed by atoms with E-state index in [0.29, 0.717) is 0 Å². The molecule has 0 aliphatic carbocycles. The highest BCUT2D eigenvalue weighted by Gasteiger charge is 2.20. The fraction of sp³-hybridized carbons (Fsp3) is 0.353. The number of hydrogen-bond donors (Lipinski definition) is 0. The molecule has 0 unspecified atom stereocenters. The van der Waals surface area contributed by atoms with E-state index in [0.717, 1.165) is 36.9 Å². The maximum atomic E-state index is 5.73. The normalized spacial score (nSPS) is 15.1. The molecule has 1 aliphatic rings. The second kappa shape index (κ2) is 6.68. The highest BCUT2D eigenvalue weighted by Crippen LogP contribution is 2.23. The van der Waals surface area contributed by atoms with Crippen molar-refractivity contribution in [1.29, 1.82) is 0 Å². The Morgan fingerprint density at radius 2 is 1.77 bits per heavy atom. The van der Waals surface area contributed by atoms with E-state index in [2.05, 4.69) is 76.2 Å². The van der Waals surface area contributed by atoms with Gasteiger partial charge in [0.1, 0.15) is 4.99 Å². The van der Waals surface area contributed by atoms with E-state index in [1.807, 2.05) is 0 Å². The van der Waals surface area contributed by atoms with E-state index in [1.165, 1.54) is 20.6 Å². The lowest BCUT2D eigenvalue weighted by Crippen LogP contribution is -2.40. The van der Waals surface area contributed by atoms with E-state index >= 15 is 0 Å². The molecule has 0 N–H and O–H groups in total. The third kappa shape index (κ3) is 3.07. The van der Waals surface area contributed by atoms with Crippen LogP contribution < -0.4 is 0 Å². The summed E-state index contributed by atoms with van der Waals surface area (Å²) in [5.74, 6) is 0. The fourth-order valence-electron chi connectivity index (χ4n) is 2.90. The highest BCUT2D eigenvalue weighted by molar-refractivity contribution is 14.1. The molecule has 1 aliphatic heterocycles. The van der Waals surface area contributed by atoms with Crippen LogP contribution in [0.1, 0.15) is 17.0 Å². The fourth-order valence-corrected chi connectivity index (χ4v) is 3.65.